The van der Waals surface area contributed by atoms with Gasteiger partial charge < -0.3 is 19.8 Å². The maximum absolute atomic E-state index is 12.5. The van der Waals surface area contributed by atoms with Crippen LogP contribution in [0, 0.1) is 6.92 Å². The molecule has 0 aliphatic carbocycles. The molecule has 3 aromatic heterocycles. The van der Waals surface area contributed by atoms with Crippen LogP contribution in [0.3, 0.4) is 0 Å². The fraction of sp³-hybridized carbons (Fsp3) is 0.316. The summed E-state index contributed by atoms with van der Waals surface area (Å²) in [5.41, 5.74) is 0.817. The van der Waals surface area contributed by atoms with Gasteiger partial charge in [-0.3, -0.25) is 9.59 Å². The monoisotopic (exact) mass is 448 g/mol. The zero-order chi connectivity index (χ0) is 21.7. The maximum Gasteiger partial charge on any atom is 0.348 e. The van der Waals surface area contributed by atoms with Gasteiger partial charge in [-0.2, -0.15) is 0 Å². The van der Waals surface area contributed by atoms with E-state index in [1.54, 1.807) is 26.0 Å². The molecule has 9 nitrogen and oxygen atoms in total. The van der Waals surface area contributed by atoms with Gasteiger partial charge in [0.1, 0.15) is 15.5 Å². The van der Waals surface area contributed by atoms with Crippen molar-refractivity contribution in [3.63, 3.8) is 0 Å². The van der Waals surface area contributed by atoms with Crippen molar-refractivity contribution in [2.24, 2.45) is 0 Å². The molecule has 0 aliphatic rings. The van der Waals surface area contributed by atoms with E-state index in [0.717, 1.165) is 11.3 Å². The molecule has 30 heavy (non-hydrogen) atoms. The Bertz CT molecular complexity index is 1120. The highest BCUT2D eigenvalue weighted by Crippen LogP contribution is 2.28. The second kappa shape index (κ2) is 9.72. The molecular formula is C19H20N4O5S2. The molecule has 11 heteroatoms. The summed E-state index contributed by atoms with van der Waals surface area (Å²) in [6, 6.07) is 3.35. The van der Waals surface area contributed by atoms with Crippen LogP contribution in [0.15, 0.2) is 23.1 Å². The summed E-state index contributed by atoms with van der Waals surface area (Å²) in [7, 11) is 1.52. The van der Waals surface area contributed by atoms with Crippen LogP contribution in [0.25, 0.3) is 10.2 Å². The Kier molecular flexibility index (Phi) is 7.06. The number of thioether (sulfide) groups is 1. The number of carbonyl (C=O) groups excluding carboxylic acids is 2. The molecule has 0 saturated carbocycles. The fourth-order valence-corrected chi connectivity index (χ4v) is 4.44. The van der Waals surface area contributed by atoms with E-state index in [2.05, 4.69) is 20.3 Å². The molecule has 3 rings (SSSR count). The number of aryl methyl sites for hydroxylation is 1. The molecule has 2 N–H and O–H groups in total. The molecule has 0 aliphatic heterocycles. The smallest absolute Gasteiger partial charge is 0.348 e. The maximum atomic E-state index is 12.5. The Morgan fingerprint density at radius 2 is 2.13 bits per heavy atom. The average Bonchev–Trinajstić information content (AvgIpc) is 3.05. The van der Waals surface area contributed by atoms with Gasteiger partial charge in [-0.1, -0.05) is 0 Å². The Labute approximate surface area is 180 Å². The molecule has 0 unspecified atom stereocenters. The molecule has 3 heterocycles. The van der Waals surface area contributed by atoms with Gasteiger partial charge >= 0.3 is 5.97 Å². The quantitative estimate of drug-likeness (QED) is 0.504. The van der Waals surface area contributed by atoms with Gasteiger partial charge in [0.05, 0.1) is 42.5 Å². The van der Waals surface area contributed by atoms with E-state index >= 15 is 0 Å². The Morgan fingerprint density at radius 3 is 2.80 bits per heavy atom. The zero-order valence-corrected chi connectivity index (χ0v) is 18.2. The first-order valence-electron chi connectivity index (χ1n) is 9.00. The van der Waals surface area contributed by atoms with Crippen LogP contribution in [-0.4, -0.2) is 46.3 Å². The van der Waals surface area contributed by atoms with Gasteiger partial charge in [-0.05, 0) is 25.5 Å². The minimum Gasteiger partial charge on any atom is -0.481 e. The number of hydrogen-bond acceptors (Lipinski definition) is 9. The number of aromatic amines is 1. The van der Waals surface area contributed by atoms with Crippen molar-refractivity contribution < 1.29 is 19.1 Å². The van der Waals surface area contributed by atoms with E-state index in [9.17, 15) is 14.4 Å². The first-order chi connectivity index (χ1) is 14.4. The van der Waals surface area contributed by atoms with Crippen LogP contribution in [-0.2, 0) is 15.3 Å². The number of H-pyrrole nitrogens is 1. The first-order valence-corrected chi connectivity index (χ1v) is 11.0. The average molecular weight is 449 g/mol. The van der Waals surface area contributed by atoms with Crippen molar-refractivity contribution in [2.75, 3.05) is 24.8 Å². The number of esters is 1. The normalized spacial score (nSPS) is 10.8. The lowest BCUT2D eigenvalue weighted by Gasteiger charge is -2.05. The summed E-state index contributed by atoms with van der Waals surface area (Å²) in [5, 5.41) is 3.13. The van der Waals surface area contributed by atoms with Crippen molar-refractivity contribution in [3.8, 4) is 5.88 Å². The van der Waals surface area contributed by atoms with Gasteiger partial charge in [0.25, 0.3) is 5.56 Å². The molecule has 0 fully saturated rings. The standard InChI is InChI=1S/C19H20N4O5S2/c1-4-28-19(26)16-10(2)15-17(25)22-12(23-18(15)30-16)8-29-9-13(24)21-11-5-6-14(27-3)20-7-11/h5-7H,4,8-9H2,1-3H3,(H,21,24)(H,22,23,25). The fourth-order valence-electron chi connectivity index (χ4n) is 2.66. The number of nitrogens with zero attached hydrogens (tertiary/aromatic N) is 2. The van der Waals surface area contributed by atoms with Gasteiger partial charge in [0, 0.05) is 6.07 Å². The molecule has 0 spiro atoms. The van der Waals surface area contributed by atoms with Crippen molar-refractivity contribution in [1.29, 1.82) is 0 Å². The van der Waals surface area contributed by atoms with Crippen LogP contribution in [0.1, 0.15) is 28.0 Å². The largest absolute Gasteiger partial charge is 0.481 e. The molecule has 0 bridgehead atoms. The Balaban J connectivity index is 1.63. The number of carbonyl (C=O) groups is 2. The molecule has 0 aromatic carbocycles. The third kappa shape index (κ3) is 4.97. The molecular weight excluding hydrogens is 428 g/mol. The number of methoxy groups -OCH3 is 1. The van der Waals surface area contributed by atoms with Crippen molar-refractivity contribution >= 4 is 50.9 Å². The number of pyridine rings is 1. The third-order valence-corrected chi connectivity index (χ3v) is 6.12. The lowest BCUT2D eigenvalue weighted by atomic mass is 10.2. The lowest BCUT2D eigenvalue weighted by Crippen LogP contribution is -2.15. The van der Waals surface area contributed by atoms with Crippen LogP contribution in [0.5, 0.6) is 5.88 Å². The number of nitrogens with one attached hydrogen (secondary N) is 2. The SMILES string of the molecule is CCOC(=O)c1sc2nc(CSCC(=O)Nc3ccc(OC)nc3)[nH]c(=O)c2c1C. The summed E-state index contributed by atoms with van der Waals surface area (Å²) < 4.78 is 10.0. The number of hydrogen-bond donors (Lipinski definition) is 2. The number of thiophene rings is 1. The summed E-state index contributed by atoms with van der Waals surface area (Å²) in [6.45, 7) is 3.68. The predicted molar refractivity (Wildman–Crippen MR) is 117 cm³/mol. The highest BCUT2D eigenvalue weighted by Gasteiger charge is 2.20. The molecule has 158 valence electrons. The summed E-state index contributed by atoms with van der Waals surface area (Å²) in [4.78, 5) is 48.6. The van der Waals surface area contributed by atoms with E-state index in [1.165, 1.54) is 25.1 Å². The van der Waals surface area contributed by atoms with E-state index in [1.807, 2.05) is 0 Å². The Morgan fingerprint density at radius 1 is 1.33 bits per heavy atom. The van der Waals surface area contributed by atoms with Gasteiger partial charge in [-0.15, -0.1) is 23.1 Å². The summed E-state index contributed by atoms with van der Waals surface area (Å²) >= 11 is 2.44. The molecule has 0 radical (unpaired) electrons. The highest BCUT2D eigenvalue weighted by molar-refractivity contribution is 7.99. The van der Waals surface area contributed by atoms with Crippen molar-refractivity contribution in [3.05, 3.63) is 44.9 Å². The molecule has 0 saturated heterocycles. The zero-order valence-electron chi connectivity index (χ0n) is 16.6. The lowest BCUT2D eigenvalue weighted by molar-refractivity contribution is -0.113. The molecule has 0 atom stereocenters. The second-order valence-electron chi connectivity index (χ2n) is 6.10. The van der Waals surface area contributed by atoms with Gasteiger partial charge in [-0.25, -0.2) is 14.8 Å². The topological polar surface area (TPSA) is 123 Å². The molecule has 3 aromatic rings. The van der Waals surface area contributed by atoms with Crippen LogP contribution in [0.2, 0.25) is 0 Å². The highest BCUT2D eigenvalue weighted by atomic mass is 32.2. The van der Waals surface area contributed by atoms with E-state index < -0.39 is 5.97 Å². The Hall–Kier alpha value is -2.92. The summed E-state index contributed by atoms with van der Waals surface area (Å²) in [6.07, 6.45) is 1.51. The van der Waals surface area contributed by atoms with Crippen molar-refractivity contribution in [2.45, 2.75) is 19.6 Å². The van der Waals surface area contributed by atoms with Crippen LogP contribution >= 0.6 is 23.1 Å². The van der Waals surface area contributed by atoms with E-state index in [-0.39, 0.29) is 23.8 Å². The van der Waals surface area contributed by atoms with Gasteiger partial charge in [0.2, 0.25) is 11.8 Å². The third-order valence-electron chi connectivity index (χ3n) is 4.01. The number of anilines is 1. The first kappa shape index (κ1) is 21.8. The number of rotatable bonds is 8. The number of fused-ring (bicyclic) bond motifs is 1. The predicted octanol–water partition coefficient (Wildman–Crippen LogP) is 2.75. The molecule has 1 amide bonds. The number of ether oxygens (including phenoxy) is 2. The van der Waals surface area contributed by atoms with Gasteiger partial charge in [0.15, 0.2) is 0 Å². The number of amides is 1. The van der Waals surface area contributed by atoms with Crippen molar-refractivity contribution in [1.82, 2.24) is 15.0 Å². The minimum absolute atomic E-state index is 0.172. The van der Waals surface area contributed by atoms with E-state index in [0.29, 0.717) is 43.8 Å². The van der Waals surface area contributed by atoms with Crippen LogP contribution < -0.4 is 15.6 Å². The second-order valence-corrected chi connectivity index (χ2v) is 8.08. The number of aromatic nitrogens is 3. The van der Waals surface area contributed by atoms with Crippen LogP contribution in [0.4, 0.5) is 5.69 Å². The van der Waals surface area contributed by atoms with E-state index in [4.69, 9.17) is 9.47 Å². The minimum atomic E-state index is -0.460. The summed E-state index contributed by atoms with van der Waals surface area (Å²) in [5.74, 6) is 0.747.